The third-order valence-electron chi connectivity index (χ3n) is 5.12. The minimum atomic E-state index is -2.54. The Morgan fingerprint density at radius 2 is 1.39 bits per heavy atom. The van der Waals surface area contributed by atoms with E-state index in [1.54, 1.807) is 0 Å². The van der Waals surface area contributed by atoms with E-state index in [4.69, 9.17) is 0 Å². The summed E-state index contributed by atoms with van der Waals surface area (Å²) < 4.78 is 28.7. The van der Waals surface area contributed by atoms with Crippen molar-refractivity contribution in [3.05, 3.63) is 0 Å². The maximum Gasteiger partial charge on any atom is 0.264 e. The Kier molecular flexibility index (Phi) is 8.39. The molecule has 0 spiro atoms. The molecule has 0 bridgehead atoms. The van der Waals surface area contributed by atoms with Crippen molar-refractivity contribution >= 4 is 0 Å². The van der Waals surface area contributed by atoms with Crippen LogP contribution in [-0.4, -0.2) is 78.5 Å². The zero-order valence-electron chi connectivity index (χ0n) is 16.0. The van der Waals surface area contributed by atoms with Gasteiger partial charge in [-0.05, 0) is 40.7 Å². The lowest BCUT2D eigenvalue weighted by Gasteiger charge is -2.43. The number of hydrogen-bond acceptors (Lipinski definition) is 3. The molecule has 5 heteroatoms. The van der Waals surface area contributed by atoms with E-state index in [2.05, 4.69) is 23.6 Å². The predicted molar refractivity (Wildman–Crippen MR) is 94.3 cm³/mol. The highest BCUT2D eigenvalue weighted by Gasteiger charge is 2.45. The molecule has 0 radical (unpaired) electrons. The number of piperazine rings is 1. The van der Waals surface area contributed by atoms with Gasteiger partial charge in [0, 0.05) is 50.7 Å². The molecule has 2 aliphatic rings. The van der Waals surface area contributed by atoms with Crippen molar-refractivity contribution in [3.63, 3.8) is 0 Å². The molecule has 0 saturated carbocycles. The number of halogens is 2. The smallest absolute Gasteiger partial charge is 0.264 e. The largest absolute Gasteiger partial charge is 0.300 e. The van der Waals surface area contributed by atoms with E-state index in [9.17, 15) is 8.78 Å². The summed E-state index contributed by atoms with van der Waals surface area (Å²) in [4.78, 5) is 6.58. The van der Waals surface area contributed by atoms with Crippen LogP contribution < -0.4 is 0 Å². The lowest BCUT2D eigenvalue weighted by molar-refractivity contribution is -0.125. The van der Waals surface area contributed by atoms with E-state index in [-0.39, 0.29) is 12.6 Å². The summed E-state index contributed by atoms with van der Waals surface area (Å²) >= 11 is 0. The molecule has 1 atom stereocenters. The normalized spacial score (nSPS) is 27.1. The van der Waals surface area contributed by atoms with E-state index >= 15 is 0 Å². The lowest BCUT2D eigenvalue weighted by atomic mass is 9.91. The molecule has 0 amide bonds. The van der Waals surface area contributed by atoms with Crippen LogP contribution in [0.4, 0.5) is 8.78 Å². The van der Waals surface area contributed by atoms with Crippen LogP contribution in [0.2, 0.25) is 0 Å². The first-order valence-corrected chi connectivity index (χ1v) is 9.38. The second-order valence-corrected chi connectivity index (χ2v) is 7.24. The maximum atomic E-state index is 14.4. The zero-order valence-corrected chi connectivity index (χ0v) is 16.0. The average molecular weight is 334 g/mol. The molecule has 2 rings (SSSR count). The van der Waals surface area contributed by atoms with E-state index < -0.39 is 11.8 Å². The number of alkyl halides is 2. The summed E-state index contributed by atoms with van der Waals surface area (Å²) in [5.74, 6) is -3.02. The van der Waals surface area contributed by atoms with E-state index in [1.807, 2.05) is 32.6 Å². The van der Waals surface area contributed by atoms with Gasteiger partial charge in [-0.1, -0.05) is 13.8 Å². The van der Waals surface area contributed by atoms with Crippen molar-refractivity contribution in [3.8, 4) is 0 Å². The molecule has 0 N–H and O–H groups in total. The van der Waals surface area contributed by atoms with Gasteiger partial charge in [0.05, 0.1) is 6.54 Å². The van der Waals surface area contributed by atoms with Crippen LogP contribution in [0.15, 0.2) is 0 Å². The fraction of sp³-hybridized carbons (Fsp3) is 1.00. The number of likely N-dealkylation sites (tertiary alicyclic amines) is 1. The fourth-order valence-corrected chi connectivity index (χ4v) is 3.45. The molecule has 1 unspecified atom stereocenters. The summed E-state index contributed by atoms with van der Waals surface area (Å²) in [5, 5.41) is 0. The molecular formula is C18H37F2N3. The quantitative estimate of drug-likeness (QED) is 0.781. The third-order valence-corrected chi connectivity index (χ3v) is 5.12. The number of rotatable bonds is 4. The van der Waals surface area contributed by atoms with Crippen molar-refractivity contribution in [1.82, 2.24) is 14.7 Å². The maximum absolute atomic E-state index is 14.4. The van der Waals surface area contributed by atoms with Crippen LogP contribution in [0.3, 0.4) is 0 Å². The fourth-order valence-electron chi connectivity index (χ4n) is 3.45. The molecule has 3 nitrogen and oxygen atoms in total. The minimum Gasteiger partial charge on any atom is -0.300 e. The lowest BCUT2D eigenvalue weighted by Crippen LogP contribution is -2.56. The molecule has 2 fully saturated rings. The van der Waals surface area contributed by atoms with Gasteiger partial charge in [-0.25, -0.2) is 8.78 Å². The molecule has 0 aromatic heterocycles. The molecule has 0 aromatic rings. The standard InChI is InChI=1S/C16H31F2N3.C2H6/c1-13(2)20-9-7-19(8-10-20)11-15-5-6-21(14(3)4)12-16(15,17)18;1-2/h13-15H,5-12H2,1-4H3;1-2H3. The Balaban J connectivity index is 0.00000127. The van der Waals surface area contributed by atoms with E-state index in [0.29, 0.717) is 19.0 Å². The summed E-state index contributed by atoms with van der Waals surface area (Å²) in [6.07, 6.45) is 0.621. The second kappa shape index (κ2) is 9.28. The Bertz CT molecular complexity index is 326. The van der Waals surface area contributed by atoms with Crippen molar-refractivity contribution < 1.29 is 8.78 Å². The van der Waals surface area contributed by atoms with Crippen molar-refractivity contribution in [1.29, 1.82) is 0 Å². The van der Waals surface area contributed by atoms with Crippen LogP contribution in [0.5, 0.6) is 0 Å². The van der Waals surface area contributed by atoms with Gasteiger partial charge in [0.25, 0.3) is 5.92 Å². The summed E-state index contributed by atoms with van der Waals surface area (Å²) in [7, 11) is 0. The van der Waals surface area contributed by atoms with Gasteiger partial charge in [0.15, 0.2) is 0 Å². The topological polar surface area (TPSA) is 9.72 Å². The van der Waals surface area contributed by atoms with Crippen molar-refractivity contribution in [2.75, 3.05) is 45.8 Å². The van der Waals surface area contributed by atoms with Crippen LogP contribution in [0, 0.1) is 5.92 Å². The third kappa shape index (κ3) is 5.95. The highest BCUT2D eigenvalue weighted by molar-refractivity contribution is 4.90. The van der Waals surface area contributed by atoms with Crippen LogP contribution in [0.1, 0.15) is 48.0 Å². The van der Waals surface area contributed by atoms with Gasteiger partial charge < -0.3 is 4.90 Å². The Hall–Kier alpha value is -0.260. The van der Waals surface area contributed by atoms with Gasteiger partial charge in [0.1, 0.15) is 0 Å². The molecule has 2 aliphatic heterocycles. The monoisotopic (exact) mass is 333 g/mol. The summed E-state index contributed by atoms with van der Waals surface area (Å²) in [5.41, 5.74) is 0. The molecule has 138 valence electrons. The van der Waals surface area contributed by atoms with Gasteiger partial charge in [-0.15, -0.1) is 0 Å². The highest BCUT2D eigenvalue weighted by Crippen LogP contribution is 2.34. The zero-order chi connectivity index (χ0) is 17.6. The van der Waals surface area contributed by atoms with Crippen molar-refractivity contribution in [2.24, 2.45) is 5.92 Å². The van der Waals surface area contributed by atoms with Crippen LogP contribution in [0.25, 0.3) is 0 Å². The molecule has 2 saturated heterocycles. The van der Waals surface area contributed by atoms with Gasteiger partial charge in [0.2, 0.25) is 0 Å². The Morgan fingerprint density at radius 1 is 0.870 bits per heavy atom. The number of nitrogens with zero attached hydrogens (tertiary/aromatic N) is 3. The van der Waals surface area contributed by atoms with E-state index in [1.165, 1.54) is 0 Å². The van der Waals surface area contributed by atoms with Gasteiger partial charge in [-0.3, -0.25) is 9.80 Å². The second-order valence-electron chi connectivity index (χ2n) is 7.24. The van der Waals surface area contributed by atoms with E-state index in [0.717, 1.165) is 32.7 Å². The first-order valence-electron chi connectivity index (χ1n) is 9.38. The summed E-state index contributed by atoms with van der Waals surface area (Å²) in [6, 6.07) is 0.772. The minimum absolute atomic E-state index is 0.0682. The molecule has 0 aromatic carbocycles. The van der Waals surface area contributed by atoms with Crippen LogP contribution in [-0.2, 0) is 0 Å². The molecule has 2 heterocycles. The van der Waals surface area contributed by atoms with Crippen molar-refractivity contribution in [2.45, 2.75) is 66.0 Å². The van der Waals surface area contributed by atoms with Gasteiger partial charge in [-0.2, -0.15) is 0 Å². The number of hydrogen-bond donors (Lipinski definition) is 0. The molecule has 0 aliphatic carbocycles. The molecule has 23 heavy (non-hydrogen) atoms. The Labute approximate surface area is 142 Å². The first-order chi connectivity index (χ1) is 10.8. The average Bonchev–Trinajstić information content (AvgIpc) is 2.51. The first kappa shape index (κ1) is 20.8. The highest BCUT2D eigenvalue weighted by atomic mass is 19.3. The predicted octanol–water partition coefficient (Wildman–Crippen LogP) is 3.40. The molecular weight excluding hydrogens is 296 g/mol. The van der Waals surface area contributed by atoms with Gasteiger partial charge >= 0.3 is 0 Å². The SMILES string of the molecule is CC.CC(C)N1CCN(CC2CCN(C(C)C)CC2(F)F)CC1. The summed E-state index contributed by atoms with van der Waals surface area (Å²) in [6.45, 7) is 17.6. The van der Waals surface area contributed by atoms with Crippen LogP contribution >= 0.6 is 0 Å². The number of piperidine rings is 1. The Morgan fingerprint density at radius 3 is 1.83 bits per heavy atom.